The molecule has 0 bridgehead atoms. The fourth-order valence-electron chi connectivity index (χ4n) is 3.39. The number of carbonyl (C=O) groups is 2. The molecule has 0 N–H and O–H groups in total. The summed E-state index contributed by atoms with van der Waals surface area (Å²) >= 11 is 0. The average molecular weight is 344 g/mol. The van der Waals surface area contributed by atoms with E-state index in [9.17, 15) is 18.4 Å². The Morgan fingerprint density at radius 2 is 1.60 bits per heavy atom. The van der Waals surface area contributed by atoms with E-state index in [1.165, 1.54) is 30.3 Å². The Hall–Kier alpha value is -2.56. The van der Waals surface area contributed by atoms with Crippen LogP contribution in [0, 0.1) is 11.6 Å². The van der Waals surface area contributed by atoms with Crippen LogP contribution in [0.3, 0.4) is 0 Å². The van der Waals surface area contributed by atoms with Crippen LogP contribution in [-0.4, -0.2) is 18.4 Å². The van der Waals surface area contributed by atoms with Gasteiger partial charge in [0.25, 0.3) is 0 Å². The number of rotatable bonds is 5. The van der Waals surface area contributed by atoms with E-state index < -0.39 is 29.6 Å². The first-order valence-electron chi connectivity index (χ1n) is 8.24. The van der Waals surface area contributed by atoms with Crippen LogP contribution in [0.25, 0.3) is 0 Å². The van der Waals surface area contributed by atoms with E-state index in [0.717, 1.165) is 12.8 Å². The predicted molar refractivity (Wildman–Crippen MR) is 88.2 cm³/mol. The molecule has 130 valence electrons. The third-order valence-corrected chi connectivity index (χ3v) is 4.75. The molecule has 0 radical (unpaired) electrons. The smallest absolute Gasteiger partial charge is 0.317 e. The molecule has 1 saturated carbocycles. The molecular weight excluding hydrogens is 326 g/mol. The first-order chi connectivity index (χ1) is 12.0. The molecule has 2 aromatic rings. The molecule has 5 heteroatoms. The molecule has 3 nitrogen and oxygen atoms in total. The van der Waals surface area contributed by atoms with Crippen molar-refractivity contribution >= 4 is 11.8 Å². The summed E-state index contributed by atoms with van der Waals surface area (Å²) in [5, 5.41) is 0. The highest BCUT2D eigenvalue weighted by molar-refractivity contribution is 5.98. The highest BCUT2D eigenvalue weighted by Crippen LogP contribution is 2.42. The number of ketones is 1. The molecule has 0 aliphatic heterocycles. The lowest BCUT2D eigenvalue weighted by Gasteiger charge is -2.27. The van der Waals surface area contributed by atoms with Gasteiger partial charge in [0.1, 0.15) is 11.6 Å². The summed E-state index contributed by atoms with van der Waals surface area (Å²) in [5.74, 6) is -2.11. The second kappa shape index (κ2) is 7.13. The molecule has 25 heavy (non-hydrogen) atoms. The summed E-state index contributed by atoms with van der Waals surface area (Å²) in [6, 6.07) is 11.4. The topological polar surface area (TPSA) is 43.4 Å². The Bertz CT molecular complexity index is 778. The van der Waals surface area contributed by atoms with Gasteiger partial charge in [-0.1, -0.05) is 37.1 Å². The third-order valence-electron chi connectivity index (χ3n) is 4.75. The normalized spacial score (nSPS) is 15.8. The second-order valence-electron chi connectivity index (χ2n) is 6.28. The standard InChI is InChI=1S/C20H18F2O3/c21-15-9-7-14(8-10-15)20(11-3-4-12-20)19(24)25-13-18(23)16-5-1-2-6-17(16)22/h1-2,5-10H,3-4,11-13H2. The third kappa shape index (κ3) is 3.45. The predicted octanol–water partition coefficient (Wildman–Crippen LogP) is 4.20. The van der Waals surface area contributed by atoms with Crippen molar-refractivity contribution in [3.05, 3.63) is 71.3 Å². The Kier molecular flexibility index (Phi) is 4.93. The van der Waals surface area contributed by atoms with Crippen molar-refractivity contribution in [3.63, 3.8) is 0 Å². The van der Waals surface area contributed by atoms with Gasteiger partial charge < -0.3 is 4.74 Å². The Morgan fingerprint density at radius 3 is 2.24 bits per heavy atom. The summed E-state index contributed by atoms with van der Waals surface area (Å²) in [6.07, 6.45) is 2.89. The highest BCUT2D eigenvalue weighted by atomic mass is 19.1. The lowest BCUT2D eigenvalue weighted by Crippen LogP contribution is -2.36. The van der Waals surface area contributed by atoms with Gasteiger partial charge in [-0.3, -0.25) is 9.59 Å². The van der Waals surface area contributed by atoms with E-state index in [-0.39, 0.29) is 11.4 Å². The van der Waals surface area contributed by atoms with Crippen molar-refractivity contribution in [3.8, 4) is 0 Å². The Balaban J connectivity index is 1.75. The van der Waals surface area contributed by atoms with Gasteiger partial charge in [-0.05, 0) is 42.7 Å². The zero-order chi connectivity index (χ0) is 17.9. The number of Topliss-reactive ketones (excluding diaryl/α,β-unsaturated/α-hetero) is 1. The maximum Gasteiger partial charge on any atom is 0.317 e. The SMILES string of the molecule is O=C(COC(=O)C1(c2ccc(F)cc2)CCCC1)c1ccccc1F. The maximum absolute atomic E-state index is 13.6. The van der Waals surface area contributed by atoms with Crippen molar-refractivity contribution < 1.29 is 23.1 Å². The van der Waals surface area contributed by atoms with Crippen LogP contribution < -0.4 is 0 Å². The van der Waals surface area contributed by atoms with E-state index in [0.29, 0.717) is 18.4 Å². The minimum absolute atomic E-state index is 0.0995. The number of hydrogen-bond acceptors (Lipinski definition) is 3. The molecule has 0 saturated heterocycles. The van der Waals surface area contributed by atoms with Crippen molar-refractivity contribution in [1.82, 2.24) is 0 Å². The minimum atomic E-state index is -0.858. The van der Waals surface area contributed by atoms with Crippen molar-refractivity contribution in [1.29, 1.82) is 0 Å². The molecule has 0 aromatic heterocycles. The lowest BCUT2D eigenvalue weighted by atomic mass is 9.79. The highest BCUT2D eigenvalue weighted by Gasteiger charge is 2.44. The zero-order valence-corrected chi connectivity index (χ0v) is 13.6. The molecule has 0 spiro atoms. The number of carbonyl (C=O) groups excluding carboxylic acids is 2. The van der Waals surface area contributed by atoms with Gasteiger partial charge in [0.05, 0.1) is 11.0 Å². The van der Waals surface area contributed by atoms with Gasteiger partial charge >= 0.3 is 5.97 Å². The molecule has 3 rings (SSSR count). The first-order valence-corrected chi connectivity index (χ1v) is 8.24. The minimum Gasteiger partial charge on any atom is -0.457 e. The van der Waals surface area contributed by atoms with E-state index in [1.54, 1.807) is 18.2 Å². The lowest BCUT2D eigenvalue weighted by molar-refractivity contribution is -0.149. The summed E-state index contributed by atoms with van der Waals surface area (Å²) in [7, 11) is 0. The molecular formula is C20H18F2O3. The Labute approximate surface area is 144 Å². The monoisotopic (exact) mass is 344 g/mol. The van der Waals surface area contributed by atoms with E-state index in [4.69, 9.17) is 4.74 Å². The second-order valence-corrected chi connectivity index (χ2v) is 6.28. The van der Waals surface area contributed by atoms with Gasteiger partial charge in [0.2, 0.25) is 5.78 Å². The Morgan fingerprint density at radius 1 is 0.960 bits per heavy atom. The van der Waals surface area contributed by atoms with Crippen LogP contribution in [0.1, 0.15) is 41.6 Å². The van der Waals surface area contributed by atoms with Crippen molar-refractivity contribution in [2.75, 3.05) is 6.61 Å². The molecule has 0 amide bonds. The van der Waals surface area contributed by atoms with Crippen LogP contribution >= 0.6 is 0 Å². The summed E-state index contributed by atoms with van der Waals surface area (Å²) in [6.45, 7) is -0.511. The maximum atomic E-state index is 13.6. The number of ether oxygens (including phenoxy) is 1. The van der Waals surface area contributed by atoms with Gasteiger partial charge in [0, 0.05) is 0 Å². The van der Waals surface area contributed by atoms with Gasteiger partial charge in [0.15, 0.2) is 6.61 Å². The van der Waals surface area contributed by atoms with Crippen molar-refractivity contribution in [2.45, 2.75) is 31.1 Å². The van der Waals surface area contributed by atoms with Gasteiger partial charge in [-0.25, -0.2) is 8.78 Å². The van der Waals surface area contributed by atoms with E-state index in [2.05, 4.69) is 0 Å². The van der Waals surface area contributed by atoms with E-state index >= 15 is 0 Å². The average Bonchev–Trinajstić information content (AvgIpc) is 3.11. The molecule has 0 atom stereocenters. The first kappa shape index (κ1) is 17.3. The summed E-state index contributed by atoms with van der Waals surface area (Å²) < 4.78 is 32.1. The summed E-state index contributed by atoms with van der Waals surface area (Å²) in [4.78, 5) is 24.8. The van der Waals surface area contributed by atoms with Gasteiger partial charge in [-0.15, -0.1) is 0 Å². The molecule has 0 heterocycles. The van der Waals surface area contributed by atoms with E-state index in [1.807, 2.05) is 0 Å². The number of esters is 1. The van der Waals surface area contributed by atoms with Crippen LogP contribution in [0.2, 0.25) is 0 Å². The summed E-state index contributed by atoms with van der Waals surface area (Å²) in [5.41, 5.74) is -0.268. The van der Waals surface area contributed by atoms with Crippen LogP contribution in [-0.2, 0) is 14.9 Å². The van der Waals surface area contributed by atoms with Crippen LogP contribution in [0.15, 0.2) is 48.5 Å². The fraction of sp³-hybridized carbons (Fsp3) is 0.300. The number of halogens is 2. The van der Waals surface area contributed by atoms with Crippen LogP contribution in [0.5, 0.6) is 0 Å². The molecule has 2 aromatic carbocycles. The largest absolute Gasteiger partial charge is 0.457 e. The van der Waals surface area contributed by atoms with Gasteiger partial charge in [-0.2, -0.15) is 0 Å². The molecule has 0 unspecified atom stereocenters. The molecule has 1 aliphatic carbocycles. The number of benzene rings is 2. The zero-order valence-electron chi connectivity index (χ0n) is 13.6. The van der Waals surface area contributed by atoms with Crippen molar-refractivity contribution in [2.24, 2.45) is 0 Å². The fourth-order valence-corrected chi connectivity index (χ4v) is 3.39. The number of hydrogen-bond donors (Lipinski definition) is 0. The molecule has 1 fully saturated rings. The quantitative estimate of drug-likeness (QED) is 0.603. The molecule has 1 aliphatic rings. The van der Waals surface area contributed by atoms with Crippen LogP contribution in [0.4, 0.5) is 8.78 Å².